The van der Waals surface area contributed by atoms with E-state index in [0.29, 0.717) is 24.5 Å². The summed E-state index contributed by atoms with van der Waals surface area (Å²) in [4.78, 5) is 0. The molecule has 1 aromatic carbocycles. The lowest BCUT2D eigenvalue weighted by Crippen LogP contribution is -2.08. The molecule has 0 aromatic heterocycles. The molecule has 3 nitrogen and oxygen atoms in total. The first-order valence-corrected chi connectivity index (χ1v) is 6.65. The lowest BCUT2D eigenvalue weighted by atomic mass is 10.1. The second-order valence-corrected chi connectivity index (χ2v) is 4.83. The van der Waals surface area contributed by atoms with Gasteiger partial charge in [-0.1, -0.05) is 6.07 Å². The maximum atomic E-state index is 12.0. The maximum absolute atomic E-state index is 12.0. The molecule has 0 aliphatic rings. The van der Waals surface area contributed by atoms with Gasteiger partial charge in [-0.25, -0.2) is 0 Å². The molecule has 0 fully saturated rings. The lowest BCUT2D eigenvalue weighted by molar-refractivity contribution is -0.0329. The second kappa shape index (κ2) is 7.49. The van der Waals surface area contributed by atoms with Crippen LogP contribution in [0.25, 0.3) is 0 Å². The summed E-state index contributed by atoms with van der Waals surface area (Å²) in [5.74, 6) is 0.780. The third-order valence-electron chi connectivity index (χ3n) is 2.27. The molecule has 19 heavy (non-hydrogen) atoms. The number of hydrogen-bond acceptors (Lipinski definition) is 4. The summed E-state index contributed by atoms with van der Waals surface area (Å²) in [5.41, 5.74) is 2.18. The third kappa shape index (κ3) is 6.07. The molecule has 2 N–H and O–H groups in total. The van der Waals surface area contributed by atoms with Crippen molar-refractivity contribution in [3.05, 3.63) is 23.8 Å². The molecule has 0 aliphatic heterocycles. The van der Waals surface area contributed by atoms with Gasteiger partial charge in [-0.2, -0.15) is 13.2 Å². The fraction of sp³-hybridized carbons (Fsp3) is 0.500. The minimum atomic E-state index is -4.23. The maximum Gasteiger partial charge on any atom is 0.441 e. The number of methoxy groups -OCH3 is 1. The van der Waals surface area contributed by atoms with Gasteiger partial charge >= 0.3 is 5.51 Å². The number of hydrogen-bond donors (Lipinski definition) is 1. The van der Waals surface area contributed by atoms with Gasteiger partial charge in [0.05, 0.1) is 13.7 Å². The molecular weight excluding hydrogens is 279 g/mol. The quantitative estimate of drug-likeness (QED) is 0.786. The smallest absolute Gasteiger partial charge is 0.441 e. The van der Waals surface area contributed by atoms with E-state index in [0.717, 1.165) is 5.56 Å². The molecule has 0 unspecified atom stereocenters. The van der Waals surface area contributed by atoms with Crippen LogP contribution in [0.1, 0.15) is 5.56 Å². The Morgan fingerprint density at radius 2 is 2.00 bits per heavy atom. The van der Waals surface area contributed by atoms with Crippen LogP contribution >= 0.6 is 11.8 Å². The van der Waals surface area contributed by atoms with Crippen LogP contribution in [0.2, 0.25) is 0 Å². The van der Waals surface area contributed by atoms with E-state index in [1.807, 2.05) is 6.07 Å². The molecule has 7 heteroatoms. The van der Waals surface area contributed by atoms with Crippen LogP contribution in [-0.2, 0) is 6.42 Å². The summed E-state index contributed by atoms with van der Waals surface area (Å²) in [5, 5.41) is 0. The van der Waals surface area contributed by atoms with Crippen molar-refractivity contribution in [2.45, 2.75) is 11.9 Å². The molecule has 0 saturated heterocycles. The highest BCUT2D eigenvalue weighted by Crippen LogP contribution is 2.31. The van der Waals surface area contributed by atoms with Gasteiger partial charge in [0.15, 0.2) is 11.5 Å². The number of nitrogens with two attached hydrogens (primary N) is 1. The fourth-order valence-electron chi connectivity index (χ4n) is 1.47. The van der Waals surface area contributed by atoms with Crippen molar-refractivity contribution in [1.29, 1.82) is 0 Å². The van der Waals surface area contributed by atoms with Crippen molar-refractivity contribution in [1.82, 2.24) is 0 Å². The van der Waals surface area contributed by atoms with E-state index in [-0.39, 0.29) is 24.1 Å². The molecule has 1 aromatic rings. The minimum Gasteiger partial charge on any atom is -0.493 e. The van der Waals surface area contributed by atoms with E-state index in [1.165, 1.54) is 7.11 Å². The van der Waals surface area contributed by atoms with E-state index in [9.17, 15) is 13.2 Å². The first-order valence-electron chi connectivity index (χ1n) is 5.66. The van der Waals surface area contributed by atoms with Gasteiger partial charge in [-0.15, -0.1) is 0 Å². The largest absolute Gasteiger partial charge is 0.493 e. The van der Waals surface area contributed by atoms with Crippen LogP contribution in [0.15, 0.2) is 18.2 Å². The van der Waals surface area contributed by atoms with E-state index < -0.39 is 5.51 Å². The summed E-state index contributed by atoms with van der Waals surface area (Å²) < 4.78 is 46.3. The lowest BCUT2D eigenvalue weighted by Gasteiger charge is -2.12. The van der Waals surface area contributed by atoms with Crippen LogP contribution in [0.4, 0.5) is 13.2 Å². The molecule has 0 aliphatic carbocycles. The number of thioether (sulfide) groups is 1. The van der Waals surface area contributed by atoms with Crippen molar-refractivity contribution in [3.63, 3.8) is 0 Å². The van der Waals surface area contributed by atoms with Gasteiger partial charge in [0.2, 0.25) is 0 Å². The van der Waals surface area contributed by atoms with Gasteiger partial charge in [0.25, 0.3) is 0 Å². The normalized spacial score (nSPS) is 11.4. The molecular formula is C12H16F3NO2S. The zero-order valence-corrected chi connectivity index (χ0v) is 11.3. The van der Waals surface area contributed by atoms with Crippen molar-refractivity contribution in [2.24, 2.45) is 5.73 Å². The van der Waals surface area contributed by atoms with Crippen LogP contribution < -0.4 is 15.2 Å². The highest BCUT2D eigenvalue weighted by molar-refractivity contribution is 8.00. The number of benzene rings is 1. The Hall–Kier alpha value is -1.08. The summed E-state index contributed by atoms with van der Waals surface area (Å²) in [6.07, 6.45) is 0.678. The molecule has 0 amide bonds. The van der Waals surface area contributed by atoms with Crippen molar-refractivity contribution >= 4 is 11.8 Å². The Kier molecular flexibility index (Phi) is 6.30. The number of alkyl halides is 3. The highest BCUT2D eigenvalue weighted by Gasteiger charge is 2.27. The first kappa shape index (κ1) is 16.0. The highest BCUT2D eigenvalue weighted by atomic mass is 32.2. The van der Waals surface area contributed by atoms with Gasteiger partial charge in [-0.05, 0) is 42.4 Å². The van der Waals surface area contributed by atoms with Crippen LogP contribution in [0.3, 0.4) is 0 Å². The molecule has 0 spiro atoms. The molecule has 0 heterocycles. The predicted octanol–water partition coefficient (Wildman–Crippen LogP) is 2.83. The Morgan fingerprint density at radius 1 is 1.26 bits per heavy atom. The van der Waals surface area contributed by atoms with E-state index in [1.54, 1.807) is 12.1 Å². The average Bonchev–Trinajstić information content (AvgIpc) is 2.34. The van der Waals surface area contributed by atoms with E-state index in [2.05, 4.69) is 0 Å². The number of halogens is 3. The second-order valence-electron chi connectivity index (χ2n) is 3.67. The molecule has 1 rings (SSSR count). The standard InChI is InChI=1S/C12H16F3NO2S/c1-17-10-3-2-9(4-5-16)8-11(10)18-6-7-19-12(13,14)15/h2-3,8H,4-7,16H2,1H3. The van der Waals surface area contributed by atoms with Gasteiger partial charge in [0, 0.05) is 5.75 Å². The minimum absolute atomic E-state index is 0.0351. The summed E-state index contributed by atoms with van der Waals surface area (Å²) >= 11 is -0.105. The summed E-state index contributed by atoms with van der Waals surface area (Å²) in [6.45, 7) is 0.461. The Morgan fingerprint density at radius 3 is 2.58 bits per heavy atom. The van der Waals surface area contributed by atoms with Crippen LogP contribution in [0.5, 0.6) is 11.5 Å². The molecule has 0 atom stereocenters. The zero-order valence-electron chi connectivity index (χ0n) is 10.5. The molecule has 108 valence electrons. The Labute approximate surface area is 114 Å². The third-order valence-corrected chi connectivity index (χ3v) is 2.97. The van der Waals surface area contributed by atoms with Crippen molar-refractivity contribution < 1.29 is 22.6 Å². The average molecular weight is 295 g/mol. The van der Waals surface area contributed by atoms with Crippen LogP contribution in [-0.4, -0.2) is 31.5 Å². The Bertz CT molecular complexity index is 399. The molecule has 0 radical (unpaired) electrons. The van der Waals surface area contributed by atoms with E-state index in [4.69, 9.17) is 15.2 Å². The Balaban J connectivity index is 2.57. The van der Waals surface area contributed by atoms with Gasteiger partial charge in [0.1, 0.15) is 0 Å². The predicted molar refractivity (Wildman–Crippen MR) is 69.8 cm³/mol. The zero-order chi connectivity index (χ0) is 14.3. The fourth-order valence-corrected chi connectivity index (χ4v) is 1.86. The van der Waals surface area contributed by atoms with E-state index >= 15 is 0 Å². The summed E-state index contributed by atoms with van der Waals surface area (Å²) in [6, 6.07) is 5.31. The topological polar surface area (TPSA) is 44.5 Å². The van der Waals surface area contributed by atoms with Crippen molar-refractivity contribution in [3.8, 4) is 11.5 Å². The molecule has 0 bridgehead atoms. The number of rotatable bonds is 7. The van der Waals surface area contributed by atoms with Gasteiger partial charge < -0.3 is 15.2 Å². The first-order chi connectivity index (χ1) is 8.96. The molecule has 0 saturated carbocycles. The monoisotopic (exact) mass is 295 g/mol. The van der Waals surface area contributed by atoms with Gasteiger partial charge in [-0.3, -0.25) is 0 Å². The number of ether oxygens (including phenoxy) is 2. The van der Waals surface area contributed by atoms with Crippen molar-refractivity contribution in [2.75, 3.05) is 26.0 Å². The SMILES string of the molecule is COc1ccc(CCN)cc1OCCSC(F)(F)F. The summed E-state index contributed by atoms with van der Waals surface area (Å²) in [7, 11) is 1.48. The van der Waals surface area contributed by atoms with Crippen LogP contribution in [0, 0.1) is 0 Å².